The van der Waals surface area contributed by atoms with Crippen LogP contribution in [0.2, 0.25) is 0 Å². The fraction of sp³-hybridized carbons (Fsp3) is 0.750. The summed E-state index contributed by atoms with van der Waals surface area (Å²) in [6, 6.07) is 0.596. The van der Waals surface area contributed by atoms with Gasteiger partial charge < -0.3 is 15.4 Å². The Bertz CT molecular complexity index is 317. The summed E-state index contributed by atoms with van der Waals surface area (Å²) in [5.41, 5.74) is 0.642. The van der Waals surface area contributed by atoms with E-state index in [4.69, 9.17) is 4.74 Å². The zero-order chi connectivity index (χ0) is 11.7. The molecular formula is C12H20N2O2. The summed E-state index contributed by atoms with van der Waals surface area (Å²) in [6.45, 7) is 6.57. The molecule has 0 radical (unpaired) electrons. The molecule has 0 aromatic rings. The number of hydrogen-bond acceptors (Lipinski definition) is 4. The van der Waals surface area contributed by atoms with Gasteiger partial charge in [-0.15, -0.1) is 0 Å². The van der Waals surface area contributed by atoms with Crippen LogP contribution in [0, 0.1) is 5.92 Å². The minimum absolute atomic E-state index is 0.0288. The Morgan fingerprint density at radius 2 is 2.19 bits per heavy atom. The first-order chi connectivity index (χ1) is 7.58. The zero-order valence-electron chi connectivity index (χ0n) is 10.2. The molecule has 16 heavy (non-hydrogen) atoms. The molecule has 2 aliphatic rings. The number of ketones is 1. The molecule has 4 heteroatoms. The van der Waals surface area contributed by atoms with Crippen LogP contribution >= 0.6 is 0 Å². The first-order valence-corrected chi connectivity index (χ1v) is 5.96. The molecule has 0 amide bonds. The molecule has 0 saturated carbocycles. The molecule has 4 nitrogen and oxygen atoms in total. The highest BCUT2D eigenvalue weighted by atomic mass is 16.5. The second-order valence-corrected chi connectivity index (χ2v) is 4.82. The molecule has 3 atom stereocenters. The van der Waals surface area contributed by atoms with E-state index < -0.39 is 0 Å². The third kappa shape index (κ3) is 2.21. The summed E-state index contributed by atoms with van der Waals surface area (Å²) in [5.74, 6) is 1.23. The van der Waals surface area contributed by atoms with Crippen molar-refractivity contribution in [3.05, 3.63) is 11.5 Å². The molecule has 2 heterocycles. The van der Waals surface area contributed by atoms with Gasteiger partial charge in [0.25, 0.3) is 0 Å². The predicted molar refractivity (Wildman–Crippen MR) is 61.6 cm³/mol. The summed E-state index contributed by atoms with van der Waals surface area (Å²) in [7, 11) is 0. The van der Waals surface area contributed by atoms with Crippen LogP contribution < -0.4 is 10.6 Å². The number of allylic oxidation sites excluding steroid dienone is 2. The molecule has 2 N–H and O–H groups in total. The van der Waals surface area contributed by atoms with Gasteiger partial charge in [-0.3, -0.25) is 4.79 Å². The van der Waals surface area contributed by atoms with E-state index in [2.05, 4.69) is 17.6 Å². The molecule has 0 spiro atoms. The van der Waals surface area contributed by atoms with Crippen molar-refractivity contribution < 1.29 is 9.53 Å². The molecule has 2 rings (SSSR count). The van der Waals surface area contributed by atoms with Crippen molar-refractivity contribution in [3.63, 3.8) is 0 Å². The zero-order valence-corrected chi connectivity index (χ0v) is 10.2. The third-order valence-corrected chi connectivity index (χ3v) is 3.42. The van der Waals surface area contributed by atoms with E-state index in [1.54, 1.807) is 6.92 Å². The Labute approximate surface area is 96.4 Å². The van der Waals surface area contributed by atoms with Gasteiger partial charge in [-0.2, -0.15) is 0 Å². The van der Waals surface area contributed by atoms with E-state index in [9.17, 15) is 4.79 Å². The van der Waals surface area contributed by atoms with E-state index in [0.717, 1.165) is 18.7 Å². The van der Waals surface area contributed by atoms with Crippen molar-refractivity contribution in [2.75, 3.05) is 6.54 Å². The first kappa shape index (κ1) is 11.5. The second-order valence-electron chi connectivity index (χ2n) is 4.82. The van der Waals surface area contributed by atoms with Crippen LogP contribution in [0.15, 0.2) is 11.5 Å². The molecule has 0 aromatic heterocycles. The SMILES string of the molecule is CC(=O)C1=C(C)OC(C2CC[C@@H](C)NC2)N1. The number of carbonyl (C=O) groups excluding carboxylic acids is 1. The van der Waals surface area contributed by atoms with Gasteiger partial charge in [0.1, 0.15) is 11.5 Å². The summed E-state index contributed by atoms with van der Waals surface area (Å²) in [5, 5.41) is 6.64. The second kappa shape index (κ2) is 4.45. The Kier molecular flexibility index (Phi) is 3.19. The van der Waals surface area contributed by atoms with Crippen LogP contribution in [0.25, 0.3) is 0 Å². The minimum atomic E-state index is -0.0288. The first-order valence-electron chi connectivity index (χ1n) is 5.96. The summed E-state index contributed by atoms with van der Waals surface area (Å²) in [4.78, 5) is 11.3. The van der Waals surface area contributed by atoms with Crippen molar-refractivity contribution in [3.8, 4) is 0 Å². The maximum Gasteiger partial charge on any atom is 0.179 e. The van der Waals surface area contributed by atoms with Crippen molar-refractivity contribution in [2.45, 2.75) is 45.9 Å². The third-order valence-electron chi connectivity index (χ3n) is 3.42. The van der Waals surface area contributed by atoms with Gasteiger partial charge in [-0.1, -0.05) is 0 Å². The normalized spacial score (nSPS) is 34.6. The standard InChI is InChI=1S/C12H20N2O2/c1-7-4-5-10(6-13-7)12-14-11(8(2)15)9(3)16-12/h7,10,12-14H,4-6H2,1-3H3/t7-,10?,12?/m1/s1. The van der Waals surface area contributed by atoms with Crippen molar-refractivity contribution in [1.82, 2.24) is 10.6 Å². The summed E-state index contributed by atoms with van der Waals surface area (Å²) < 4.78 is 5.72. The van der Waals surface area contributed by atoms with E-state index in [0.29, 0.717) is 17.7 Å². The van der Waals surface area contributed by atoms with Crippen LogP contribution in [-0.4, -0.2) is 24.6 Å². The van der Waals surface area contributed by atoms with Crippen LogP contribution in [0.1, 0.15) is 33.6 Å². The quantitative estimate of drug-likeness (QED) is 0.738. The maximum atomic E-state index is 11.3. The highest BCUT2D eigenvalue weighted by molar-refractivity contribution is 5.93. The van der Waals surface area contributed by atoms with Gasteiger partial charge in [0.05, 0.1) is 0 Å². The number of carbonyl (C=O) groups is 1. The molecule has 0 aromatic carbocycles. The van der Waals surface area contributed by atoms with Crippen LogP contribution in [0.4, 0.5) is 0 Å². The van der Waals surface area contributed by atoms with Gasteiger partial charge >= 0.3 is 0 Å². The number of nitrogens with one attached hydrogen (secondary N) is 2. The number of hydrogen-bond donors (Lipinski definition) is 2. The van der Waals surface area contributed by atoms with Crippen molar-refractivity contribution in [2.24, 2.45) is 5.92 Å². The monoisotopic (exact) mass is 224 g/mol. The van der Waals surface area contributed by atoms with E-state index in [-0.39, 0.29) is 12.0 Å². The molecular weight excluding hydrogens is 204 g/mol. The number of piperidine rings is 1. The topological polar surface area (TPSA) is 50.4 Å². The predicted octanol–water partition coefficient (Wildman–Crippen LogP) is 1.14. The molecule has 0 bridgehead atoms. The minimum Gasteiger partial charge on any atom is -0.473 e. The van der Waals surface area contributed by atoms with Crippen molar-refractivity contribution in [1.29, 1.82) is 0 Å². The van der Waals surface area contributed by atoms with E-state index >= 15 is 0 Å². The lowest BCUT2D eigenvalue weighted by atomic mass is 9.94. The van der Waals surface area contributed by atoms with Crippen LogP contribution in [0.5, 0.6) is 0 Å². The largest absolute Gasteiger partial charge is 0.473 e. The molecule has 90 valence electrons. The fourth-order valence-corrected chi connectivity index (χ4v) is 2.37. The Hall–Kier alpha value is -1.03. The van der Waals surface area contributed by atoms with Gasteiger partial charge in [0.15, 0.2) is 12.0 Å². The highest BCUT2D eigenvalue weighted by Gasteiger charge is 2.33. The summed E-state index contributed by atoms with van der Waals surface area (Å²) in [6.07, 6.45) is 2.28. The van der Waals surface area contributed by atoms with Crippen molar-refractivity contribution >= 4 is 5.78 Å². The fourth-order valence-electron chi connectivity index (χ4n) is 2.37. The highest BCUT2D eigenvalue weighted by Crippen LogP contribution is 2.25. The lowest BCUT2D eigenvalue weighted by Gasteiger charge is -2.31. The Balaban J connectivity index is 1.93. The van der Waals surface area contributed by atoms with Crippen LogP contribution in [-0.2, 0) is 9.53 Å². The Morgan fingerprint density at radius 3 is 2.69 bits per heavy atom. The average molecular weight is 224 g/mol. The van der Waals surface area contributed by atoms with E-state index in [1.807, 2.05) is 6.92 Å². The number of Topliss-reactive ketones (excluding diaryl/α,β-unsaturated/α-hetero) is 1. The Morgan fingerprint density at radius 1 is 1.44 bits per heavy atom. The molecule has 2 aliphatic heterocycles. The van der Waals surface area contributed by atoms with Crippen LogP contribution in [0.3, 0.4) is 0 Å². The van der Waals surface area contributed by atoms with Gasteiger partial charge in [0.2, 0.25) is 0 Å². The molecule has 0 aliphatic carbocycles. The summed E-state index contributed by atoms with van der Waals surface area (Å²) >= 11 is 0. The smallest absolute Gasteiger partial charge is 0.179 e. The van der Waals surface area contributed by atoms with Gasteiger partial charge in [0, 0.05) is 25.4 Å². The average Bonchev–Trinajstić information content (AvgIpc) is 2.61. The number of rotatable bonds is 2. The van der Waals surface area contributed by atoms with Gasteiger partial charge in [-0.25, -0.2) is 0 Å². The lowest BCUT2D eigenvalue weighted by Crippen LogP contribution is -2.45. The number of ether oxygens (including phenoxy) is 1. The van der Waals surface area contributed by atoms with E-state index in [1.165, 1.54) is 6.42 Å². The molecule has 1 fully saturated rings. The molecule has 2 unspecified atom stereocenters. The van der Waals surface area contributed by atoms with Gasteiger partial charge in [-0.05, 0) is 26.7 Å². The lowest BCUT2D eigenvalue weighted by molar-refractivity contribution is -0.114. The maximum absolute atomic E-state index is 11.3. The molecule has 1 saturated heterocycles.